The zero-order valence-corrected chi connectivity index (χ0v) is 8.19. The van der Waals surface area contributed by atoms with Gasteiger partial charge in [-0.1, -0.05) is 12.1 Å². The van der Waals surface area contributed by atoms with Crippen molar-refractivity contribution in [3.63, 3.8) is 0 Å². The van der Waals surface area contributed by atoms with E-state index in [-0.39, 0.29) is 11.9 Å². The summed E-state index contributed by atoms with van der Waals surface area (Å²) in [5.74, 6) is -1.04. The number of benzene rings is 1. The van der Waals surface area contributed by atoms with Crippen molar-refractivity contribution in [1.29, 1.82) is 0 Å². The maximum atomic E-state index is 12.6. The third kappa shape index (κ3) is 2.15. The van der Waals surface area contributed by atoms with Gasteiger partial charge in [-0.25, -0.2) is 4.39 Å². The first-order valence-electron chi connectivity index (χ1n) is 4.88. The second-order valence-electron chi connectivity index (χ2n) is 3.74. The summed E-state index contributed by atoms with van der Waals surface area (Å²) < 4.78 is 12.6. The lowest BCUT2D eigenvalue weighted by molar-refractivity contribution is -0.148. The van der Waals surface area contributed by atoms with E-state index in [0.29, 0.717) is 13.0 Å². The Labute approximate surface area is 87.1 Å². The van der Waals surface area contributed by atoms with E-state index in [9.17, 15) is 9.18 Å². The first kappa shape index (κ1) is 10.1. The lowest BCUT2D eigenvalue weighted by Crippen LogP contribution is -2.51. The Balaban J connectivity index is 1.97. The van der Waals surface area contributed by atoms with Crippen LogP contribution < -0.4 is 0 Å². The molecule has 0 radical (unpaired) electrons. The maximum Gasteiger partial charge on any atom is 0.320 e. The van der Waals surface area contributed by atoms with E-state index in [1.165, 1.54) is 12.1 Å². The summed E-state index contributed by atoms with van der Waals surface area (Å²) in [4.78, 5) is 12.6. The van der Waals surface area contributed by atoms with Crippen LogP contribution in [0.1, 0.15) is 12.0 Å². The predicted molar refractivity (Wildman–Crippen MR) is 52.9 cm³/mol. The monoisotopic (exact) mass is 209 g/mol. The summed E-state index contributed by atoms with van der Waals surface area (Å²) in [6.45, 7) is 1.38. The Bertz CT molecular complexity index is 363. The lowest BCUT2D eigenvalue weighted by atomic mass is 10.0. The van der Waals surface area contributed by atoms with Gasteiger partial charge in [0, 0.05) is 13.1 Å². The number of carboxylic acid groups (broad SMARTS) is 1. The van der Waals surface area contributed by atoms with Crippen molar-refractivity contribution in [2.45, 2.75) is 19.0 Å². The van der Waals surface area contributed by atoms with Crippen molar-refractivity contribution < 1.29 is 14.3 Å². The standard InChI is InChI=1S/C11H12FNO2/c12-9-3-1-8(2-4-9)7-13-6-5-10(13)11(14)15/h1-4,10H,5-7H2,(H,14,15). The molecule has 1 heterocycles. The molecule has 0 aromatic heterocycles. The molecule has 2 rings (SSSR count). The number of carboxylic acids is 1. The highest BCUT2D eigenvalue weighted by Gasteiger charge is 2.33. The van der Waals surface area contributed by atoms with Crippen molar-refractivity contribution >= 4 is 5.97 Å². The molecule has 0 spiro atoms. The van der Waals surface area contributed by atoms with Gasteiger partial charge in [0.15, 0.2) is 0 Å². The van der Waals surface area contributed by atoms with Crippen molar-refractivity contribution in [3.05, 3.63) is 35.6 Å². The van der Waals surface area contributed by atoms with Crippen molar-refractivity contribution in [2.24, 2.45) is 0 Å². The quantitative estimate of drug-likeness (QED) is 0.819. The van der Waals surface area contributed by atoms with Crippen LogP contribution in [0.25, 0.3) is 0 Å². The van der Waals surface area contributed by atoms with Crippen LogP contribution in [0, 0.1) is 5.82 Å². The highest BCUT2D eigenvalue weighted by Crippen LogP contribution is 2.20. The van der Waals surface area contributed by atoms with Gasteiger partial charge in [0.25, 0.3) is 0 Å². The fourth-order valence-corrected chi connectivity index (χ4v) is 1.73. The molecule has 1 atom stereocenters. The Morgan fingerprint density at radius 3 is 2.60 bits per heavy atom. The molecule has 80 valence electrons. The van der Waals surface area contributed by atoms with Gasteiger partial charge in [-0.15, -0.1) is 0 Å². The highest BCUT2D eigenvalue weighted by molar-refractivity contribution is 5.74. The van der Waals surface area contributed by atoms with Gasteiger partial charge in [0.2, 0.25) is 0 Å². The van der Waals surface area contributed by atoms with Crippen LogP contribution in [0.3, 0.4) is 0 Å². The van der Waals surface area contributed by atoms with Gasteiger partial charge in [-0.05, 0) is 24.1 Å². The summed E-state index contributed by atoms with van der Waals surface area (Å²) in [5.41, 5.74) is 0.947. The maximum absolute atomic E-state index is 12.6. The van der Waals surface area contributed by atoms with Gasteiger partial charge in [0.05, 0.1) is 0 Å². The number of hydrogen-bond acceptors (Lipinski definition) is 2. The molecular weight excluding hydrogens is 197 g/mol. The fourth-order valence-electron chi connectivity index (χ4n) is 1.73. The second-order valence-corrected chi connectivity index (χ2v) is 3.74. The number of hydrogen-bond donors (Lipinski definition) is 1. The van der Waals surface area contributed by atoms with E-state index in [1.807, 2.05) is 4.90 Å². The van der Waals surface area contributed by atoms with Gasteiger partial charge >= 0.3 is 5.97 Å². The van der Waals surface area contributed by atoms with Crippen LogP contribution in [0.2, 0.25) is 0 Å². The molecule has 1 aliphatic heterocycles. The first-order valence-corrected chi connectivity index (χ1v) is 4.88. The molecule has 0 amide bonds. The van der Waals surface area contributed by atoms with Gasteiger partial charge < -0.3 is 5.11 Å². The average Bonchev–Trinajstić information content (AvgIpc) is 2.14. The summed E-state index contributed by atoms with van der Waals surface area (Å²) >= 11 is 0. The normalized spacial score (nSPS) is 21.0. The molecule has 1 aromatic carbocycles. The van der Waals surface area contributed by atoms with Crippen molar-refractivity contribution in [1.82, 2.24) is 4.90 Å². The summed E-state index contributed by atoms with van der Waals surface area (Å²) in [6.07, 6.45) is 0.705. The third-order valence-electron chi connectivity index (χ3n) is 2.71. The molecule has 1 unspecified atom stereocenters. The molecule has 0 bridgehead atoms. The molecule has 4 heteroatoms. The second kappa shape index (κ2) is 3.98. The van der Waals surface area contributed by atoms with Crippen LogP contribution in [-0.2, 0) is 11.3 Å². The minimum absolute atomic E-state index is 0.267. The minimum Gasteiger partial charge on any atom is -0.480 e. The molecule has 3 nitrogen and oxygen atoms in total. The number of likely N-dealkylation sites (tertiary alicyclic amines) is 1. The number of carbonyl (C=O) groups is 1. The topological polar surface area (TPSA) is 40.5 Å². The minimum atomic E-state index is -0.775. The number of rotatable bonds is 3. The van der Waals surface area contributed by atoms with Crippen molar-refractivity contribution in [3.8, 4) is 0 Å². The largest absolute Gasteiger partial charge is 0.480 e. The van der Waals surface area contributed by atoms with E-state index in [2.05, 4.69) is 0 Å². The Morgan fingerprint density at radius 1 is 1.47 bits per heavy atom. The van der Waals surface area contributed by atoms with E-state index >= 15 is 0 Å². The fraction of sp³-hybridized carbons (Fsp3) is 0.364. The average molecular weight is 209 g/mol. The van der Waals surface area contributed by atoms with Gasteiger partial charge in [0.1, 0.15) is 11.9 Å². The Hall–Kier alpha value is -1.42. The molecule has 15 heavy (non-hydrogen) atoms. The molecule has 0 saturated carbocycles. The van der Waals surface area contributed by atoms with Crippen LogP contribution in [-0.4, -0.2) is 28.6 Å². The van der Waals surface area contributed by atoms with Gasteiger partial charge in [-0.3, -0.25) is 9.69 Å². The Morgan fingerprint density at radius 2 is 2.13 bits per heavy atom. The summed E-state index contributed by atoms with van der Waals surface area (Å²) in [5, 5.41) is 8.82. The smallest absolute Gasteiger partial charge is 0.320 e. The van der Waals surface area contributed by atoms with E-state index in [1.54, 1.807) is 12.1 Å². The molecule has 1 fully saturated rings. The van der Waals surface area contributed by atoms with Gasteiger partial charge in [-0.2, -0.15) is 0 Å². The molecular formula is C11H12FNO2. The van der Waals surface area contributed by atoms with E-state index < -0.39 is 5.97 Å². The zero-order valence-electron chi connectivity index (χ0n) is 8.19. The Kier molecular flexibility index (Phi) is 2.68. The number of aliphatic carboxylic acids is 1. The highest BCUT2D eigenvalue weighted by atomic mass is 19.1. The molecule has 1 aliphatic rings. The first-order chi connectivity index (χ1) is 7.16. The SMILES string of the molecule is O=C(O)C1CCN1Cc1ccc(F)cc1. The molecule has 1 saturated heterocycles. The number of halogens is 1. The van der Waals surface area contributed by atoms with Crippen LogP contribution in [0.15, 0.2) is 24.3 Å². The summed E-state index contributed by atoms with van der Waals surface area (Å²) in [6, 6.07) is 5.80. The third-order valence-corrected chi connectivity index (χ3v) is 2.71. The lowest BCUT2D eigenvalue weighted by Gasteiger charge is -2.37. The van der Waals surface area contributed by atoms with Crippen LogP contribution in [0.4, 0.5) is 4.39 Å². The van der Waals surface area contributed by atoms with Crippen LogP contribution in [0.5, 0.6) is 0 Å². The summed E-state index contributed by atoms with van der Waals surface area (Å²) in [7, 11) is 0. The molecule has 1 aromatic rings. The van der Waals surface area contributed by atoms with E-state index in [4.69, 9.17) is 5.11 Å². The molecule has 1 N–H and O–H groups in total. The van der Waals surface area contributed by atoms with Crippen LogP contribution >= 0.6 is 0 Å². The zero-order chi connectivity index (χ0) is 10.8. The van der Waals surface area contributed by atoms with E-state index in [0.717, 1.165) is 12.1 Å². The number of nitrogens with zero attached hydrogens (tertiary/aromatic N) is 1. The predicted octanol–water partition coefficient (Wildman–Crippen LogP) is 1.48. The molecule has 0 aliphatic carbocycles. The van der Waals surface area contributed by atoms with Crippen molar-refractivity contribution in [2.75, 3.05) is 6.54 Å².